The van der Waals surface area contributed by atoms with Crippen LogP contribution in [0.5, 0.6) is 0 Å². The Hall–Kier alpha value is -4.24. The van der Waals surface area contributed by atoms with Gasteiger partial charge in [0.1, 0.15) is 24.6 Å². The van der Waals surface area contributed by atoms with Crippen LogP contribution in [0.25, 0.3) is 0 Å². The van der Waals surface area contributed by atoms with Gasteiger partial charge in [0, 0.05) is 48.5 Å². The zero-order chi connectivity index (χ0) is 34.8. The number of aliphatic carboxylic acids is 7. The third kappa shape index (κ3) is 262. The van der Waals surface area contributed by atoms with Crippen molar-refractivity contribution in [1.29, 1.82) is 0 Å². The number of hydrogen-bond donors (Lipinski definition) is 12. The van der Waals surface area contributed by atoms with Crippen LogP contribution in [0.15, 0.2) is 0 Å². The number of rotatable bonds is 5. The second kappa shape index (κ2) is 41.9. The van der Waals surface area contributed by atoms with Crippen molar-refractivity contribution in [2.45, 2.75) is 72.8 Å². The van der Waals surface area contributed by atoms with Crippen molar-refractivity contribution in [3.05, 3.63) is 0 Å². The van der Waals surface area contributed by atoms with Gasteiger partial charge in [-0.3, -0.25) is 33.6 Å². The standard InChI is InChI=1S/C6H13NO5.7C2H4O2/c7-3(1-8)5(11)6(12)4(10)2-9;7*1-2(3)4/h1,3-6,9-12H,2,7H2;7*1H3,(H,3,4)/t3-,4+,5+,6-;;;;;;;/m0......./s1. The molecule has 0 aromatic carbocycles. The molecular weight excluding hydrogens is 558 g/mol. The molecule has 0 saturated carbocycles. The highest BCUT2D eigenvalue weighted by atomic mass is 16.4. The van der Waals surface area contributed by atoms with Crippen molar-refractivity contribution in [2.75, 3.05) is 6.61 Å². The minimum atomic E-state index is -1.62. The average molecular weight is 600 g/mol. The van der Waals surface area contributed by atoms with Crippen LogP contribution in [0, 0.1) is 0 Å². The molecule has 40 heavy (non-hydrogen) atoms. The molecule has 0 bridgehead atoms. The van der Waals surface area contributed by atoms with Crippen LogP contribution in [0.3, 0.4) is 0 Å². The molecule has 0 aliphatic heterocycles. The summed E-state index contributed by atoms with van der Waals surface area (Å²) in [6, 6.07) is -1.26. The molecule has 0 aliphatic carbocycles. The maximum absolute atomic E-state index is 10.0. The molecule has 13 N–H and O–H groups in total. The summed E-state index contributed by atoms with van der Waals surface area (Å²) in [7, 11) is 0. The fraction of sp³-hybridized carbons (Fsp3) is 0.600. The second-order valence-corrected chi connectivity index (χ2v) is 6.08. The van der Waals surface area contributed by atoms with Crippen LogP contribution in [0.2, 0.25) is 0 Å². The van der Waals surface area contributed by atoms with Gasteiger partial charge < -0.3 is 66.7 Å². The number of aldehydes is 1. The predicted octanol–water partition coefficient (Wildman–Crippen LogP) is -2.78. The molecular formula is C20H41NO19. The molecule has 0 spiro atoms. The highest BCUT2D eigenvalue weighted by Gasteiger charge is 2.28. The van der Waals surface area contributed by atoms with Crippen molar-refractivity contribution in [2.24, 2.45) is 5.73 Å². The summed E-state index contributed by atoms with van der Waals surface area (Å²) in [4.78, 5) is 73.0. The smallest absolute Gasteiger partial charge is 0.300 e. The van der Waals surface area contributed by atoms with Crippen LogP contribution in [-0.4, -0.2) is 135 Å². The summed E-state index contributed by atoms with van der Waals surface area (Å²) in [5, 5.41) is 87.1. The Labute approximate surface area is 228 Å². The van der Waals surface area contributed by atoms with Crippen LogP contribution in [0.4, 0.5) is 0 Å². The Kier molecular flexibility index (Phi) is 58.7. The Bertz CT molecular complexity index is 549. The lowest BCUT2D eigenvalue weighted by Crippen LogP contribution is -2.49. The van der Waals surface area contributed by atoms with Crippen molar-refractivity contribution < 1.29 is 94.5 Å². The van der Waals surface area contributed by atoms with Crippen molar-refractivity contribution in [3.8, 4) is 0 Å². The summed E-state index contributed by atoms with van der Waals surface area (Å²) in [6.07, 6.45) is -4.43. The summed E-state index contributed by atoms with van der Waals surface area (Å²) < 4.78 is 0. The van der Waals surface area contributed by atoms with Crippen LogP contribution < -0.4 is 5.73 Å². The zero-order valence-electron chi connectivity index (χ0n) is 22.9. The van der Waals surface area contributed by atoms with Gasteiger partial charge in [0.15, 0.2) is 0 Å². The molecule has 0 rings (SSSR count). The van der Waals surface area contributed by atoms with Crippen LogP contribution >= 0.6 is 0 Å². The number of aliphatic hydroxyl groups excluding tert-OH is 4. The number of hydrogen-bond acceptors (Lipinski definition) is 13. The maximum Gasteiger partial charge on any atom is 0.300 e. The van der Waals surface area contributed by atoms with Gasteiger partial charge in [0.25, 0.3) is 41.8 Å². The molecule has 20 heteroatoms. The summed E-state index contributed by atoms with van der Waals surface area (Å²) in [5.74, 6) is -5.83. The van der Waals surface area contributed by atoms with E-state index in [2.05, 4.69) is 0 Å². The van der Waals surface area contributed by atoms with E-state index < -0.39 is 72.7 Å². The van der Waals surface area contributed by atoms with E-state index in [1.807, 2.05) is 0 Å². The molecule has 0 unspecified atom stereocenters. The van der Waals surface area contributed by atoms with Crippen LogP contribution in [0.1, 0.15) is 48.5 Å². The molecule has 20 nitrogen and oxygen atoms in total. The lowest BCUT2D eigenvalue weighted by atomic mass is 10.0. The average Bonchev–Trinajstić information content (AvgIpc) is 2.68. The molecule has 0 heterocycles. The Morgan fingerprint density at radius 1 is 0.525 bits per heavy atom. The molecule has 0 saturated heterocycles. The SMILES string of the molecule is CC(=O)O.CC(=O)O.CC(=O)O.CC(=O)O.CC(=O)O.CC(=O)O.CC(=O)O.N[C@@H](C=O)[C@@H](O)[C@@H](O)[C@H](O)CO. The van der Waals surface area contributed by atoms with Crippen LogP contribution in [-0.2, 0) is 38.4 Å². The van der Waals surface area contributed by atoms with Gasteiger partial charge >= 0.3 is 0 Å². The molecule has 0 aliphatic rings. The summed E-state index contributed by atoms with van der Waals surface area (Å²) in [6.45, 7) is 6.88. The number of carbonyl (C=O) groups is 8. The number of carbonyl (C=O) groups excluding carboxylic acids is 1. The third-order valence-electron chi connectivity index (χ3n) is 1.48. The van der Waals surface area contributed by atoms with E-state index in [1.165, 1.54) is 0 Å². The number of carboxylic acids is 7. The van der Waals surface area contributed by atoms with Gasteiger partial charge in [0.2, 0.25) is 0 Å². The number of aliphatic hydroxyl groups is 4. The van der Waals surface area contributed by atoms with Gasteiger partial charge in [-0.1, -0.05) is 0 Å². The molecule has 0 fully saturated rings. The van der Waals surface area contributed by atoms with E-state index in [9.17, 15) is 4.79 Å². The minimum absolute atomic E-state index is 0.248. The highest BCUT2D eigenvalue weighted by Crippen LogP contribution is 2.01. The fourth-order valence-electron chi connectivity index (χ4n) is 0.644. The zero-order valence-corrected chi connectivity index (χ0v) is 22.9. The maximum atomic E-state index is 10.0. The first-order chi connectivity index (χ1) is 17.7. The minimum Gasteiger partial charge on any atom is -0.481 e. The summed E-state index contributed by atoms with van der Waals surface area (Å²) in [5.41, 5.74) is 5.04. The lowest BCUT2D eigenvalue weighted by Gasteiger charge is -2.23. The van der Waals surface area contributed by atoms with Crippen molar-refractivity contribution in [1.82, 2.24) is 0 Å². The molecule has 0 aromatic heterocycles. The Morgan fingerprint density at radius 2 is 0.675 bits per heavy atom. The van der Waals surface area contributed by atoms with E-state index in [0.717, 1.165) is 48.5 Å². The van der Waals surface area contributed by atoms with Crippen molar-refractivity contribution in [3.63, 3.8) is 0 Å². The molecule has 240 valence electrons. The largest absolute Gasteiger partial charge is 0.481 e. The van der Waals surface area contributed by atoms with Gasteiger partial charge in [-0.15, -0.1) is 0 Å². The molecule has 0 aromatic rings. The highest BCUT2D eigenvalue weighted by molar-refractivity contribution is 5.64. The monoisotopic (exact) mass is 599 g/mol. The van der Waals surface area contributed by atoms with E-state index in [-0.39, 0.29) is 6.29 Å². The number of carboxylic acid groups (broad SMARTS) is 7. The lowest BCUT2D eigenvalue weighted by molar-refractivity contribution is -0.135. The van der Waals surface area contributed by atoms with Crippen molar-refractivity contribution >= 4 is 48.1 Å². The van der Waals surface area contributed by atoms with Gasteiger partial charge in [-0.25, -0.2) is 0 Å². The first-order valence-corrected chi connectivity index (χ1v) is 9.90. The van der Waals surface area contributed by atoms with E-state index >= 15 is 0 Å². The first-order valence-electron chi connectivity index (χ1n) is 9.90. The summed E-state index contributed by atoms with van der Waals surface area (Å²) >= 11 is 0. The van der Waals surface area contributed by atoms with Gasteiger partial charge in [-0.2, -0.15) is 0 Å². The number of nitrogens with two attached hydrogens (primary N) is 1. The Morgan fingerprint density at radius 3 is 0.775 bits per heavy atom. The molecule has 4 atom stereocenters. The topological polar surface area (TPSA) is 385 Å². The molecule has 0 amide bonds. The fourth-order valence-corrected chi connectivity index (χ4v) is 0.644. The second-order valence-electron chi connectivity index (χ2n) is 6.08. The van der Waals surface area contributed by atoms with E-state index in [4.69, 9.17) is 95.5 Å². The van der Waals surface area contributed by atoms with E-state index in [0.29, 0.717) is 0 Å². The normalized spacial score (nSPS) is 10.7. The van der Waals surface area contributed by atoms with Gasteiger partial charge in [0.05, 0.1) is 12.6 Å². The predicted molar refractivity (Wildman–Crippen MR) is 132 cm³/mol. The first kappa shape index (κ1) is 56.1. The molecule has 0 radical (unpaired) electrons. The Balaban J connectivity index is -0.0000000521. The quantitative estimate of drug-likeness (QED) is 0.142. The third-order valence-corrected chi connectivity index (χ3v) is 1.48. The van der Waals surface area contributed by atoms with Gasteiger partial charge in [-0.05, 0) is 0 Å². The van der Waals surface area contributed by atoms with E-state index in [1.54, 1.807) is 0 Å².